The molecule has 3 rings (SSSR count). The lowest BCUT2D eigenvalue weighted by Crippen LogP contribution is -2.40. The molecular formula is C27H30FNO2. The van der Waals surface area contributed by atoms with Gasteiger partial charge in [-0.05, 0) is 76.4 Å². The van der Waals surface area contributed by atoms with Crippen molar-refractivity contribution in [3.63, 3.8) is 0 Å². The van der Waals surface area contributed by atoms with E-state index in [0.717, 1.165) is 27.8 Å². The van der Waals surface area contributed by atoms with Crippen LogP contribution in [0.5, 0.6) is 5.75 Å². The second kappa shape index (κ2) is 8.93. The molecule has 0 heterocycles. The van der Waals surface area contributed by atoms with Crippen LogP contribution >= 0.6 is 0 Å². The van der Waals surface area contributed by atoms with Gasteiger partial charge in [-0.15, -0.1) is 0 Å². The van der Waals surface area contributed by atoms with Crippen molar-refractivity contribution in [2.45, 2.75) is 53.2 Å². The number of carbonyl (C=O) groups is 1. The van der Waals surface area contributed by atoms with E-state index in [9.17, 15) is 9.18 Å². The number of rotatable bonds is 5. The number of carbonyl (C=O) groups excluding carboxylic acids is 1. The molecule has 0 saturated heterocycles. The molecule has 1 N–H and O–H groups in total. The van der Waals surface area contributed by atoms with E-state index < -0.39 is 17.5 Å². The van der Waals surface area contributed by atoms with Gasteiger partial charge in [0.05, 0.1) is 0 Å². The first kappa shape index (κ1) is 22.5. The molecule has 0 aliphatic rings. The van der Waals surface area contributed by atoms with Crippen LogP contribution in [0.4, 0.5) is 4.39 Å². The first-order valence-electron chi connectivity index (χ1n) is 10.5. The lowest BCUT2D eigenvalue weighted by atomic mass is 9.95. The molecule has 0 radical (unpaired) electrons. The Balaban J connectivity index is 2.02. The second-order valence-electron chi connectivity index (χ2n) is 9.12. The minimum Gasteiger partial charge on any atom is -0.478 e. The Bertz CT molecular complexity index is 1080. The van der Waals surface area contributed by atoms with Crippen molar-refractivity contribution in [1.82, 2.24) is 5.32 Å². The van der Waals surface area contributed by atoms with Crippen molar-refractivity contribution in [2.75, 3.05) is 0 Å². The molecule has 0 fully saturated rings. The number of ether oxygens (including phenoxy) is 1. The van der Waals surface area contributed by atoms with E-state index in [2.05, 4.69) is 11.4 Å². The Morgan fingerprint density at radius 3 is 2.16 bits per heavy atom. The SMILES string of the molecule is Cc1ccc(C(Oc2cc(C(=O)NC(C)(C)C)ccc2F)c2ccc(C)cc2C)cc1. The van der Waals surface area contributed by atoms with Crippen LogP contribution in [0.3, 0.4) is 0 Å². The molecular weight excluding hydrogens is 389 g/mol. The van der Waals surface area contributed by atoms with Gasteiger partial charge in [0.2, 0.25) is 0 Å². The third-order valence-corrected chi connectivity index (χ3v) is 5.01. The van der Waals surface area contributed by atoms with Crippen LogP contribution in [0.2, 0.25) is 0 Å². The van der Waals surface area contributed by atoms with Crippen molar-refractivity contribution in [3.8, 4) is 5.75 Å². The smallest absolute Gasteiger partial charge is 0.251 e. The zero-order valence-corrected chi connectivity index (χ0v) is 19.0. The molecule has 0 aliphatic carbocycles. The maximum Gasteiger partial charge on any atom is 0.251 e. The molecule has 3 nitrogen and oxygen atoms in total. The van der Waals surface area contributed by atoms with E-state index >= 15 is 0 Å². The lowest BCUT2D eigenvalue weighted by molar-refractivity contribution is 0.0918. The zero-order chi connectivity index (χ0) is 22.8. The molecule has 3 aromatic rings. The summed E-state index contributed by atoms with van der Waals surface area (Å²) < 4.78 is 21.0. The lowest BCUT2D eigenvalue weighted by Gasteiger charge is -2.24. The molecule has 0 saturated carbocycles. The predicted octanol–water partition coefficient (Wildman–Crippen LogP) is 6.45. The number of hydrogen-bond acceptors (Lipinski definition) is 2. The van der Waals surface area contributed by atoms with Gasteiger partial charge >= 0.3 is 0 Å². The molecule has 0 aromatic heterocycles. The standard InChI is InChI=1S/C27H30FNO2/c1-17-7-10-20(11-8-17)25(22-13-9-18(2)15-19(22)3)31-24-16-21(12-14-23(24)28)26(30)29-27(4,5)6/h7-16,25H,1-6H3,(H,29,30). The molecule has 162 valence electrons. The summed E-state index contributed by atoms with van der Waals surface area (Å²) in [6.45, 7) is 11.8. The molecule has 0 aliphatic heterocycles. The highest BCUT2D eigenvalue weighted by Gasteiger charge is 2.22. The van der Waals surface area contributed by atoms with Gasteiger partial charge in [0.15, 0.2) is 11.6 Å². The second-order valence-corrected chi connectivity index (χ2v) is 9.12. The van der Waals surface area contributed by atoms with Gasteiger partial charge in [-0.25, -0.2) is 4.39 Å². The molecule has 3 aromatic carbocycles. The number of aryl methyl sites for hydroxylation is 3. The topological polar surface area (TPSA) is 38.3 Å². The number of nitrogens with one attached hydrogen (secondary N) is 1. The fourth-order valence-electron chi connectivity index (χ4n) is 3.45. The third-order valence-electron chi connectivity index (χ3n) is 5.01. The monoisotopic (exact) mass is 419 g/mol. The van der Waals surface area contributed by atoms with E-state index in [-0.39, 0.29) is 11.7 Å². The van der Waals surface area contributed by atoms with Crippen LogP contribution in [0.15, 0.2) is 60.7 Å². The Morgan fingerprint density at radius 2 is 1.55 bits per heavy atom. The first-order valence-corrected chi connectivity index (χ1v) is 10.5. The van der Waals surface area contributed by atoms with Crippen LogP contribution in [0.25, 0.3) is 0 Å². The normalized spacial score (nSPS) is 12.4. The zero-order valence-electron chi connectivity index (χ0n) is 19.0. The fourth-order valence-corrected chi connectivity index (χ4v) is 3.45. The Labute approximate surface area is 184 Å². The summed E-state index contributed by atoms with van der Waals surface area (Å²) in [4.78, 5) is 12.6. The van der Waals surface area contributed by atoms with E-state index in [0.29, 0.717) is 5.56 Å². The summed E-state index contributed by atoms with van der Waals surface area (Å²) in [5.41, 5.74) is 5.18. The molecule has 4 heteroatoms. The Hall–Kier alpha value is -3.14. The first-order chi connectivity index (χ1) is 14.5. The largest absolute Gasteiger partial charge is 0.478 e. The van der Waals surface area contributed by atoms with Gasteiger partial charge in [-0.1, -0.05) is 53.6 Å². The number of hydrogen-bond donors (Lipinski definition) is 1. The van der Waals surface area contributed by atoms with Crippen LogP contribution in [0, 0.1) is 26.6 Å². The minimum absolute atomic E-state index is 0.0482. The summed E-state index contributed by atoms with van der Waals surface area (Å²) in [6, 6.07) is 18.4. The van der Waals surface area contributed by atoms with Gasteiger partial charge in [0.25, 0.3) is 5.91 Å². The highest BCUT2D eigenvalue weighted by Crippen LogP contribution is 2.33. The van der Waals surface area contributed by atoms with Crippen LogP contribution < -0.4 is 10.1 Å². The molecule has 1 unspecified atom stereocenters. The van der Waals surface area contributed by atoms with Crippen molar-refractivity contribution >= 4 is 5.91 Å². The number of benzene rings is 3. The van der Waals surface area contributed by atoms with Crippen molar-refractivity contribution in [2.24, 2.45) is 0 Å². The van der Waals surface area contributed by atoms with Crippen LogP contribution in [-0.4, -0.2) is 11.4 Å². The molecule has 1 amide bonds. The van der Waals surface area contributed by atoms with Crippen molar-refractivity contribution < 1.29 is 13.9 Å². The van der Waals surface area contributed by atoms with E-state index in [1.54, 1.807) is 0 Å². The summed E-state index contributed by atoms with van der Waals surface area (Å²) in [6.07, 6.45) is -0.503. The van der Waals surface area contributed by atoms with Crippen molar-refractivity contribution in [1.29, 1.82) is 0 Å². The highest BCUT2D eigenvalue weighted by atomic mass is 19.1. The summed E-state index contributed by atoms with van der Waals surface area (Å²) in [5, 5.41) is 2.90. The van der Waals surface area contributed by atoms with E-state index in [4.69, 9.17) is 4.74 Å². The van der Waals surface area contributed by atoms with Gasteiger partial charge in [0, 0.05) is 11.1 Å². The average molecular weight is 420 g/mol. The van der Waals surface area contributed by atoms with E-state index in [1.165, 1.54) is 18.2 Å². The average Bonchev–Trinajstić information content (AvgIpc) is 2.67. The minimum atomic E-state index is -0.505. The molecule has 1 atom stereocenters. The fraction of sp³-hybridized carbons (Fsp3) is 0.296. The van der Waals surface area contributed by atoms with Crippen molar-refractivity contribution in [3.05, 3.63) is 99.9 Å². The third kappa shape index (κ3) is 5.72. The summed E-state index contributed by atoms with van der Waals surface area (Å²) in [7, 11) is 0. The van der Waals surface area contributed by atoms with Gasteiger partial charge in [-0.2, -0.15) is 0 Å². The maximum atomic E-state index is 14.7. The van der Waals surface area contributed by atoms with Crippen LogP contribution in [-0.2, 0) is 0 Å². The van der Waals surface area contributed by atoms with Gasteiger partial charge in [-0.3, -0.25) is 4.79 Å². The van der Waals surface area contributed by atoms with E-state index in [1.807, 2.05) is 77.9 Å². The molecule has 31 heavy (non-hydrogen) atoms. The quantitative estimate of drug-likeness (QED) is 0.516. The Morgan fingerprint density at radius 1 is 0.903 bits per heavy atom. The Kier molecular flexibility index (Phi) is 6.49. The molecule has 0 spiro atoms. The van der Waals surface area contributed by atoms with Crippen LogP contribution in [0.1, 0.15) is 65.1 Å². The number of amides is 1. The maximum absolute atomic E-state index is 14.7. The predicted molar refractivity (Wildman–Crippen MR) is 123 cm³/mol. The molecule has 0 bridgehead atoms. The van der Waals surface area contributed by atoms with Gasteiger partial charge < -0.3 is 10.1 Å². The van der Waals surface area contributed by atoms with Gasteiger partial charge in [0.1, 0.15) is 6.10 Å². The summed E-state index contributed by atoms with van der Waals surface area (Å²) in [5.74, 6) is -0.725. The summed E-state index contributed by atoms with van der Waals surface area (Å²) >= 11 is 0. The number of halogens is 1. The highest BCUT2D eigenvalue weighted by molar-refractivity contribution is 5.95.